The standard InChI is InChI=1S/C10H13N3/c1-13(2)10-4-3-8(6-11)5-9(10)7-12/h3-5H,6,11H2,1-2H3. The van der Waals surface area contributed by atoms with Crippen molar-refractivity contribution in [2.45, 2.75) is 6.54 Å². The van der Waals surface area contributed by atoms with Gasteiger partial charge in [-0.25, -0.2) is 0 Å². The molecule has 0 aliphatic carbocycles. The first kappa shape index (κ1) is 9.56. The average Bonchev–Trinajstić information content (AvgIpc) is 2.16. The minimum absolute atomic E-state index is 0.475. The molecule has 1 rings (SSSR count). The van der Waals surface area contributed by atoms with Gasteiger partial charge in [0.25, 0.3) is 0 Å². The Morgan fingerprint density at radius 2 is 2.15 bits per heavy atom. The zero-order valence-electron chi connectivity index (χ0n) is 7.91. The van der Waals surface area contributed by atoms with Crippen molar-refractivity contribution in [3.8, 4) is 6.07 Å². The Bertz CT molecular complexity index is 337. The van der Waals surface area contributed by atoms with E-state index in [9.17, 15) is 0 Å². The molecule has 68 valence electrons. The lowest BCUT2D eigenvalue weighted by atomic mass is 10.1. The highest BCUT2D eigenvalue weighted by Gasteiger charge is 2.03. The molecule has 2 N–H and O–H groups in total. The number of nitrogens with zero attached hydrogens (tertiary/aromatic N) is 2. The molecular weight excluding hydrogens is 162 g/mol. The van der Waals surface area contributed by atoms with E-state index in [2.05, 4.69) is 6.07 Å². The molecule has 0 bridgehead atoms. The fourth-order valence-electron chi connectivity index (χ4n) is 1.19. The Morgan fingerprint density at radius 1 is 1.46 bits per heavy atom. The molecule has 13 heavy (non-hydrogen) atoms. The Kier molecular flexibility index (Phi) is 2.88. The van der Waals surface area contributed by atoms with E-state index in [-0.39, 0.29) is 0 Å². The number of benzene rings is 1. The van der Waals surface area contributed by atoms with Crippen LogP contribution in [-0.2, 0) is 6.54 Å². The van der Waals surface area contributed by atoms with Gasteiger partial charge < -0.3 is 10.6 Å². The maximum Gasteiger partial charge on any atom is 0.101 e. The summed E-state index contributed by atoms with van der Waals surface area (Å²) in [6.45, 7) is 0.475. The first-order chi connectivity index (χ1) is 6.19. The Hall–Kier alpha value is -1.53. The minimum Gasteiger partial charge on any atom is -0.377 e. The summed E-state index contributed by atoms with van der Waals surface area (Å²) in [5.74, 6) is 0. The van der Waals surface area contributed by atoms with Crippen LogP contribution in [0.5, 0.6) is 0 Å². The number of nitriles is 1. The lowest BCUT2D eigenvalue weighted by Gasteiger charge is -2.14. The minimum atomic E-state index is 0.475. The van der Waals surface area contributed by atoms with Gasteiger partial charge in [0.1, 0.15) is 6.07 Å². The molecular formula is C10H13N3. The van der Waals surface area contributed by atoms with Crippen LogP contribution < -0.4 is 10.6 Å². The topological polar surface area (TPSA) is 53.0 Å². The van der Waals surface area contributed by atoms with Crippen molar-refractivity contribution in [3.05, 3.63) is 29.3 Å². The predicted octanol–water partition coefficient (Wildman–Crippen LogP) is 1.08. The maximum atomic E-state index is 8.87. The fraction of sp³-hybridized carbons (Fsp3) is 0.300. The van der Waals surface area contributed by atoms with E-state index < -0.39 is 0 Å². The third-order valence-corrected chi connectivity index (χ3v) is 1.90. The molecule has 0 heterocycles. The van der Waals surface area contributed by atoms with Crippen molar-refractivity contribution in [1.29, 1.82) is 5.26 Å². The van der Waals surface area contributed by atoms with Gasteiger partial charge in [0.2, 0.25) is 0 Å². The Labute approximate surface area is 78.4 Å². The zero-order valence-corrected chi connectivity index (χ0v) is 7.91. The zero-order chi connectivity index (χ0) is 9.84. The van der Waals surface area contributed by atoms with Crippen molar-refractivity contribution in [3.63, 3.8) is 0 Å². The maximum absolute atomic E-state index is 8.87. The second kappa shape index (κ2) is 3.92. The van der Waals surface area contributed by atoms with E-state index in [1.807, 2.05) is 37.2 Å². The summed E-state index contributed by atoms with van der Waals surface area (Å²) in [5, 5.41) is 8.87. The van der Waals surface area contributed by atoms with Crippen LogP contribution in [0.4, 0.5) is 5.69 Å². The van der Waals surface area contributed by atoms with Gasteiger partial charge in [-0.05, 0) is 17.7 Å². The second-order valence-corrected chi connectivity index (χ2v) is 3.06. The van der Waals surface area contributed by atoms with Crippen LogP contribution in [0.2, 0.25) is 0 Å². The molecule has 1 aromatic rings. The van der Waals surface area contributed by atoms with Gasteiger partial charge in [-0.3, -0.25) is 0 Å². The number of hydrogen-bond acceptors (Lipinski definition) is 3. The number of anilines is 1. The molecule has 0 aromatic heterocycles. The van der Waals surface area contributed by atoms with Crippen LogP contribution in [-0.4, -0.2) is 14.1 Å². The van der Waals surface area contributed by atoms with Crippen molar-refractivity contribution < 1.29 is 0 Å². The molecule has 3 heteroatoms. The molecule has 0 unspecified atom stereocenters. The van der Waals surface area contributed by atoms with E-state index >= 15 is 0 Å². The summed E-state index contributed by atoms with van der Waals surface area (Å²) in [6, 6.07) is 7.84. The predicted molar refractivity (Wildman–Crippen MR) is 53.4 cm³/mol. The summed E-state index contributed by atoms with van der Waals surface area (Å²) < 4.78 is 0. The van der Waals surface area contributed by atoms with Gasteiger partial charge >= 0.3 is 0 Å². The highest BCUT2D eigenvalue weighted by molar-refractivity contribution is 5.59. The van der Waals surface area contributed by atoms with E-state index in [4.69, 9.17) is 11.0 Å². The fourth-order valence-corrected chi connectivity index (χ4v) is 1.19. The highest BCUT2D eigenvalue weighted by atomic mass is 15.1. The smallest absolute Gasteiger partial charge is 0.101 e. The molecule has 0 atom stereocenters. The summed E-state index contributed by atoms with van der Waals surface area (Å²) in [6.07, 6.45) is 0. The number of rotatable bonds is 2. The van der Waals surface area contributed by atoms with Crippen molar-refractivity contribution in [1.82, 2.24) is 0 Å². The van der Waals surface area contributed by atoms with E-state index in [1.54, 1.807) is 0 Å². The van der Waals surface area contributed by atoms with Crippen LogP contribution in [0.15, 0.2) is 18.2 Å². The molecule has 0 amide bonds. The monoisotopic (exact) mass is 175 g/mol. The number of nitrogens with two attached hydrogens (primary N) is 1. The molecule has 0 aliphatic heterocycles. The lowest BCUT2D eigenvalue weighted by molar-refractivity contribution is 1.06. The normalized spacial score (nSPS) is 9.38. The van der Waals surface area contributed by atoms with E-state index in [0.29, 0.717) is 12.1 Å². The Morgan fingerprint density at radius 3 is 2.62 bits per heavy atom. The van der Waals surface area contributed by atoms with Gasteiger partial charge in [-0.2, -0.15) is 5.26 Å². The van der Waals surface area contributed by atoms with Crippen LogP contribution >= 0.6 is 0 Å². The van der Waals surface area contributed by atoms with Gasteiger partial charge in [-0.1, -0.05) is 6.07 Å². The quantitative estimate of drug-likeness (QED) is 0.731. The highest BCUT2D eigenvalue weighted by Crippen LogP contribution is 2.18. The average molecular weight is 175 g/mol. The molecule has 0 aliphatic rings. The lowest BCUT2D eigenvalue weighted by Crippen LogP contribution is -2.11. The third-order valence-electron chi connectivity index (χ3n) is 1.90. The van der Waals surface area contributed by atoms with Crippen molar-refractivity contribution in [2.75, 3.05) is 19.0 Å². The van der Waals surface area contributed by atoms with E-state index in [1.165, 1.54) is 0 Å². The van der Waals surface area contributed by atoms with E-state index in [0.717, 1.165) is 11.3 Å². The summed E-state index contributed by atoms with van der Waals surface area (Å²) in [5.41, 5.74) is 8.07. The van der Waals surface area contributed by atoms with Gasteiger partial charge in [0.15, 0.2) is 0 Å². The summed E-state index contributed by atoms with van der Waals surface area (Å²) in [7, 11) is 3.83. The van der Waals surface area contributed by atoms with Crippen LogP contribution in [0.3, 0.4) is 0 Å². The molecule has 3 nitrogen and oxygen atoms in total. The largest absolute Gasteiger partial charge is 0.377 e. The van der Waals surface area contributed by atoms with Crippen molar-refractivity contribution >= 4 is 5.69 Å². The summed E-state index contributed by atoms with van der Waals surface area (Å²) >= 11 is 0. The van der Waals surface area contributed by atoms with Gasteiger partial charge in [-0.15, -0.1) is 0 Å². The summed E-state index contributed by atoms with van der Waals surface area (Å²) in [4.78, 5) is 1.92. The number of hydrogen-bond donors (Lipinski definition) is 1. The van der Waals surface area contributed by atoms with Crippen LogP contribution in [0.1, 0.15) is 11.1 Å². The Balaban J connectivity index is 3.18. The molecule has 1 aromatic carbocycles. The first-order valence-corrected chi connectivity index (χ1v) is 4.09. The molecule has 0 radical (unpaired) electrons. The van der Waals surface area contributed by atoms with Gasteiger partial charge in [0, 0.05) is 20.6 Å². The molecule has 0 spiro atoms. The molecule has 0 saturated heterocycles. The second-order valence-electron chi connectivity index (χ2n) is 3.06. The first-order valence-electron chi connectivity index (χ1n) is 4.09. The molecule has 0 saturated carbocycles. The van der Waals surface area contributed by atoms with Crippen LogP contribution in [0.25, 0.3) is 0 Å². The third kappa shape index (κ3) is 1.98. The van der Waals surface area contributed by atoms with Crippen LogP contribution in [0, 0.1) is 11.3 Å². The van der Waals surface area contributed by atoms with Gasteiger partial charge in [0.05, 0.1) is 11.3 Å². The molecule has 0 fully saturated rings. The van der Waals surface area contributed by atoms with Crippen molar-refractivity contribution in [2.24, 2.45) is 5.73 Å². The SMILES string of the molecule is CN(C)c1ccc(CN)cc1C#N.